The van der Waals surface area contributed by atoms with E-state index in [4.69, 9.17) is 17.3 Å². The molecule has 0 bridgehead atoms. The highest BCUT2D eigenvalue weighted by molar-refractivity contribution is 6.30. The van der Waals surface area contributed by atoms with E-state index in [0.29, 0.717) is 24.4 Å². The van der Waals surface area contributed by atoms with E-state index in [9.17, 15) is 9.59 Å². The van der Waals surface area contributed by atoms with Gasteiger partial charge in [-0.05, 0) is 43.4 Å². The lowest BCUT2D eigenvalue weighted by Crippen LogP contribution is -2.50. The summed E-state index contributed by atoms with van der Waals surface area (Å²) in [5, 5.41) is 3.30. The summed E-state index contributed by atoms with van der Waals surface area (Å²) in [5.41, 5.74) is 6.17. The average Bonchev–Trinajstić information content (AvgIpc) is 2.51. The van der Waals surface area contributed by atoms with Crippen LogP contribution < -0.4 is 11.1 Å². The van der Waals surface area contributed by atoms with Crippen molar-refractivity contribution in [3.05, 3.63) is 34.9 Å². The maximum absolute atomic E-state index is 12.5. The normalized spacial score (nSPS) is 18.0. The first-order valence-electron chi connectivity index (χ1n) is 7.63. The van der Waals surface area contributed by atoms with Crippen molar-refractivity contribution in [3.8, 4) is 0 Å². The summed E-state index contributed by atoms with van der Waals surface area (Å²) in [6.07, 6.45) is 4.11. The Kier molecular flexibility index (Phi) is 6.07. The molecule has 1 aliphatic rings. The van der Waals surface area contributed by atoms with Crippen LogP contribution >= 0.6 is 11.6 Å². The summed E-state index contributed by atoms with van der Waals surface area (Å²) in [6.45, 7) is 1.18. The molecule has 5 nitrogen and oxygen atoms in total. The van der Waals surface area contributed by atoms with Gasteiger partial charge in [-0.1, -0.05) is 23.7 Å². The fourth-order valence-corrected chi connectivity index (χ4v) is 3.06. The summed E-state index contributed by atoms with van der Waals surface area (Å²) in [7, 11) is 0. The van der Waals surface area contributed by atoms with Crippen LogP contribution in [0.15, 0.2) is 24.3 Å². The molecule has 1 heterocycles. The van der Waals surface area contributed by atoms with Crippen molar-refractivity contribution < 1.29 is 9.59 Å². The first-order chi connectivity index (χ1) is 10.6. The smallest absolute Gasteiger partial charge is 0.312 e. The molecular formula is C16H22ClN3O2. The van der Waals surface area contributed by atoms with E-state index in [1.807, 2.05) is 29.2 Å². The number of likely N-dealkylation sites (tertiary alicyclic amines) is 1. The largest absolute Gasteiger partial charge is 0.352 e. The standard InChI is InChI=1S/C16H22ClN3O2/c17-13-5-3-4-12(10-13)7-8-15(21)20-9-2-1-6-14(20)11-19-16(18)22/h3-5,10,14H,1-2,6-9,11H2,(H3,18,19,22)/t14-/m0/s1. The second kappa shape index (κ2) is 8.03. The maximum Gasteiger partial charge on any atom is 0.312 e. The molecule has 6 heteroatoms. The van der Waals surface area contributed by atoms with Crippen molar-refractivity contribution >= 4 is 23.5 Å². The Labute approximate surface area is 135 Å². The first kappa shape index (κ1) is 16.6. The van der Waals surface area contributed by atoms with Crippen LogP contribution in [-0.2, 0) is 11.2 Å². The van der Waals surface area contributed by atoms with Crippen LogP contribution in [0.4, 0.5) is 4.79 Å². The number of rotatable bonds is 5. The zero-order valence-electron chi connectivity index (χ0n) is 12.6. The number of aryl methyl sites for hydroxylation is 1. The molecule has 1 saturated heterocycles. The number of benzene rings is 1. The molecule has 0 radical (unpaired) electrons. The molecule has 0 aliphatic carbocycles. The van der Waals surface area contributed by atoms with Gasteiger partial charge in [0.05, 0.1) is 0 Å². The van der Waals surface area contributed by atoms with Crippen LogP contribution in [0.1, 0.15) is 31.2 Å². The third kappa shape index (κ3) is 4.91. The van der Waals surface area contributed by atoms with Gasteiger partial charge in [-0.15, -0.1) is 0 Å². The number of carbonyl (C=O) groups excluding carboxylic acids is 2. The van der Waals surface area contributed by atoms with Crippen LogP contribution in [0, 0.1) is 0 Å². The van der Waals surface area contributed by atoms with Crippen LogP contribution in [-0.4, -0.2) is 36.0 Å². The molecule has 3 amide bonds. The predicted octanol–water partition coefficient (Wildman–Crippen LogP) is 2.32. The predicted molar refractivity (Wildman–Crippen MR) is 86.7 cm³/mol. The van der Waals surface area contributed by atoms with Gasteiger partial charge < -0.3 is 16.0 Å². The molecule has 3 N–H and O–H groups in total. The summed E-state index contributed by atoms with van der Waals surface area (Å²) >= 11 is 5.96. The summed E-state index contributed by atoms with van der Waals surface area (Å²) in [4.78, 5) is 25.2. The third-order valence-corrected chi connectivity index (χ3v) is 4.21. The van der Waals surface area contributed by atoms with Crippen molar-refractivity contribution in [2.45, 2.75) is 38.1 Å². The van der Waals surface area contributed by atoms with Gasteiger partial charge in [0.1, 0.15) is 0 Å². The highest BCUT2D eigenvalue weighted by atomic mass is 35.5. The van der Waals surface area contributed by atoms with E-state index >= 15 is 0 Å². The Morgan fingerprint density at radius 1 is 1.36 bits per heavy atom. The highest BCUT2D eigenvalue weighted by Crippen LogP contribution is 2.19. The summed E-state index contributed by atoms with van der Waals surface area (Å²) < 4.78 is 0. The molecule has 1 fully saturated rings. The molecule has 0 unspecified atom stereocenters. The topological polar surface area (TPSA) is 75.4 Å². The van der Waals surface area contributed by atoms with Crippen molar-refractivity contribution in [2.75, 3.05) is 13.1 Å². The number of piperidine rings is 1. The molecule has 1 aromatic carbocycles. The number of primary amides is 1. The van der Waals surface area contributed by atoms with Gasteiger partial charge in [0.15, 0.2) is 0 Å². The highest BCUT2D eigenvalue weighted by Gasteiger charge is 2.26. The minimum atomic E-state index is -0.545. The number of hydrogen-bond donors (Lipinski definition) is 2. The van der Waals surface area contributed by atoms with E-state index in [1.165, 1.54) is 0 Å². The summed E-state index contributed by atoms with van der Waals surface area (Å²) in [6, 6.07) is 7.08. The van der Waals surface area contributed by atoms with Gasteiger partial charge in [-0.25, -0.2) is 4.79 Å². The first-order valence-corrected chi connectivity index (χ1v) is 8.01. The van der Waals surface area contributed by atoms with Crippen molar-refractivity contribution in [1.82, 2.24) is 10.2 Å². The van der Waals surface area contributed by atoms with Gasteiger partial charge >= 0.3 is 6.03 Å². The lowest BCUT2D eigenvalue weighted by molar-refractivity contribution is -0.134. The molecule has 1 atom stereocenters. The zero-order chi connectivity index (χ0) is 15.9. The minimum Gasteiger partial charge on any atom is -0.352 e. The fraction of sp³-hybridized carbons (Fsp3) is 0.500. The van der Waals surface area contributed by atoms with Gasteiger partial charge in [0, 0.05) is 30.6 Å². The summed E-state index contributed by atoms with van der Waals surface area (Å²) in [5.74, 6) is 0.121. The van der Waals surface area contributed by atoms with Gasteiger partial charge in [0.2, 0.25) is 5.91 Å². The molecule has 1 aromatic rings. The van der Waals surface area contributed by atoms with E-state index in [-0.39, 0.29) is 11.9 Å². The minimum absolute atomic E-state index is 0.0492. The molecule has 0 saturated carbocycles. The molecule has 1 aliphatic heterocycles. The van der Waals surface area contributed by atoms with Gasteiger partial charge in [-0.2, -0.15) is 0 Å². The number of carbonyl (C=O) groups is 2. The van der Waals surface area contributed by atoms with Crippen molar-refractivity contribution in [2.24, 2.45) is 5.73 Å². The molecule has 0 aromatic heterocycles. The number of nitrogens with zero attached hydrogens (tertiary/aromatic N) is 1. The number of nitrogens with one attached hydrogen (secondary N) is 1. The third-order valence-electron chi connectivity index (χ3n) is 3.98. The number of nitrogens with two attached hydrogens (primary N) is 1. The van der Waals surface area contributed by atoms with E-state index in [1.54, 1.807) is 0 Å². The second-order valence-corrected chi connectivity index (χ2v) is 6.05. The molecule has 2 rings (SSSR count). The number of hydrogen-bond acceptors (Lipinski definition) is 2. The number of amides is 3. The molecule has 0 spiro atoms. The Morgan fingerprint density at radius 3 is 2.91 bits per heavy atom. The molecule has 22 heavy (non-hydrogen) atoms. The van der Waals surface area contributed by atoms with E-state index in [2.05, 4.69) is 5.32 Å². The lowest BCUT2D eigenvalue weighted by atomic mass is 10.0. The van der Waals surface area contributed by atoms with Crippen LogP contribution in [0.25, 0.3) is 0 Å². The second-order valence-electron chi connectivity index (χ2n) is 5.61. The quantitative estimate of drug-likeness (QED) is 0.872. The number of urea groups is 1. The Hall–Kier alpha value is -1.75. The molecular weight excluding hydrogens is 302 g/mol. The van der Waals surface area contributed by atoms with Crippen molar-refractivity contribution in [3.63, 3.8) is 0 Å². The van der Waals surface area contributed by atoms with Crippen LogP contribution in [0.3, 0.4) is 0 Å². The Morgan fingerprint density at radius 2 is 2.18 bits per heavy atom. The Bertz CT molecular complexity index is 536. The van der Waals surface area contributed by atoms with Crippen LogP contribution in [0.5, 0.6) is 0 Å². The number of halogens is 1. The maximum atomic E-state index is 12.5. The van der Waals surface area contributed by atoms with Gasteiger partial charge in [0.25, 0.3) is 0 Å². The average molecular weight is 324 g/mol. The zero-order valence-corrected chi connectivity index (χ0v) is 13.3. The van der Waals surface area contributed by atoms with E-state index in [0.717, 1.165) is 31.4 Å². The Balaban J connectivity index is 1.89. The van der Waals surface area contributed by atoms with Crippen LogP contribution in [0.2, 0.25) is 5.02 Å². The van der Waals surface area contributed by atoms with E-state index < -0.39 is 6.03 Å². The molecule has 120 valence electrons. The fourth-order valence-electron chi connectivity index (χ4n) is 2.85. The van der Waals surface area contributed by atoms with Crippen molar-refractivity contribution in [1.29, 1.82) is 0 Å². The monoisotopic (exact) mass is 323 g/mol. The van der Waals surface area contributed by atoms with Gasteiger partial charge in [-0.3, -0.25) is 4.79 Å². The lowest BCUT2D eigenvalue weighted by Gasteiger charge is -2.36. The SMILES string of the molecule is NC(=O)NC[C@@H]1CCCCN1C(=O)CCc1cccc(Cl)c1.